The maximum absolute atomic E-state index is 5.87. The van der Waals surface area contributed by atoms with Crippen LogP contribution in [0.25, 0.3) is 10.9 Å². The second kappa shape index (κ2) is 6.52. The zero-order valence-corrected chi connectivity index (χ0v) is 13.5. The third kappa shape index (κ3) is 3.59. The highest BCUT2D eigenvalue weighted by molar-refractivity contribution is 7.99. The molecule has 0 unspecified atom stereocenters. The van der Waals surface area contributed by atoms with Gasteiger partial charge in [-0.05, 0) is 24.3 Å². The van der Waals surface area contributed by atoms with Crippen LogP contribution in [0.15, 0.2) is 59.6 Å². The Balaban J connectivity index is 1.58. The van der Waals surface area contributed by atoms with E-state index >= 15 is 0 Å². The van der Waals surface area contributed by atoms with Gasteiger partial charge in [0.25, 0.3) is 0 Å². The van der Waals surface area contributed by atoms with Gasteiger partial charge >= 0.3 is 0 Å². The van der Waals surface area contributed by atoms with Gasteiger partial charge in [0, 0.05) is 21.5 Å². The summed E-state index contributed by atoms with van der Waals surface area (Å²) in [7, 11) is 0. The molecule has 2 N–H and O–H groups in total. The van der Waals surface area contributed by atoms with Crippen LogP contribution in [0.4, 0.5) is 0 Å². The highest BCUT2D eigenvalue weighted by atomic mass is 35.5. The predicted octanol–water partition coefficient (Wildman–Crippen LogP) is 4.84. The van der Waals surface area contributed by atoms with E-state index in [1.54, 1.807) is 11.8 Å². The topological polar surface area (TPSA) is 27.8 Å². The van der Waals surface area contributed by atoms with E-state index in [9.17, 15) is 0 Å². The lowest BCUT2D eigenvalue weighted by Crippen LogP contribution is -2.21. The molecule has 3 aromatic rings. The Bertz CT molecular complexity index is 732. The van der Waals surface area contributed by atoms with Crippen molar-refractivity contribution in [2.75, 3.05) is 5.88 Å². The molecule has 2 aromatic carbocycles. The SMILES string of the molecule is S=C(NCSc1cc2ccccc2[nH]1)c1ccc(Cl)cc1. The maximum atomic E-state index is 5.87. The summed E-state index contributed by atoms with van der Waals surface area (Å²) in [6.45, 7) is 0. The van der Waals surface area contributed by atoms with Crippen LogP contribution in [-0.4, -0.2) is 15.8 Å². The molecule has 21 heavy (non-hydrogen) atoms. The van der Waals surface area contributed by atoms with Crippen molar-refractivity contribution in [1.29, 1.82) is 0 Å². The van der Waals surface area contributed by atoms with Crippen molar-refractivity contribution in [2.45, 2.75) is 5.03 Å². The molecular formula is C16H13ClN2S2. The average molecular weight is 333 g/mol. The number of fused-ring (bicyclic) bond motifs is 1. The molecule has 0 aliphatic rings. The standard InChI is InChI=1S/C16H13ClN2S2/c17-13-7-5-11(6-8-13)16(20)18-10-21-15-9-12-3-1-2-4-14(12)19-15/h1-9,19H,10H2,(H,18,20). The number of benzene rings is 2. The second-order valence-electron chi connectivity index (χ2n) is 4.52. The van der Waals surface area contributed by atoms with E-state index in [1.165, 1.54) is 5.39 Å². The van der Waals surface area contributed by atoms with Crippen molar-refractivity contribution in [3.63, 3.8) is 0 Å². The number of hydrogen-bond acceptors (Lipinski definition) is 2. The van der Waals surface area contributed by atoms with Crippen molar-refractivity contribution < 1.29 is 0 Å². The lowest BCUT2D eigenvalue weighted by molar-refractivity contribution is 1.13. The molecule has 0 saturated heterocycles. The van der Waals surface area contributed by atoms with Crippen LogP contribution in [0.2, 0.25) is 5.02 Å². The van der Waals surface area contributed by atoms with Gasteiger partial charge in [-0.25, -0.2) is 0 Å². The largest absolute Gasteiger partial charge is 0.366 e. The first-order chi connectivity index (χ1) is 10.2. The van der Waals surface area contributed by atoms with Crippen LogP contribution < -0.4 is 5.32 Å². The van der Waals surface area contributed by atoms with E-state index in [0.29, 0.717) is 10.9 Å². The summed E-state index contributed by atoms with van der Waals surface area (Å²) in [5, 5.41) is 6.31. The van der Waals surface area contributed by atoms with Gasteiger partial charge in [0.05, 0.1) is 10.9 Å². The molecule has 3 rings (SSSR count). The Morgan fingerprint density at radius 1 is 1.14 bits per heavy atom. The molecule has 2 nitrogen and oxygen atoms in total. The molecule has 5 heteroatoms. The molecule has 106 valence electrons. The van der Waals surface area contributed by atoms with Crippen LogP contribution in [0, 0.1) is 0 Å². The second-order valence-corrected chi connectivity index (χ2v) is 6.38. The number of thioether (sulfide) groups is 1. The van der Waals surface area contributed by atoms with Crippen molar-refractivity contribution in [2.24, 2.45) is 0 Å². The lowest BCUT2D eigenvalue weighted by Gasteiger charge is -2.07. The quantitative estimate of drug-likeness (QED) is 0.407. The summed E-state index contributed by atoms with van der Waals surface area (Å²) < 4.78 is 0. The number of thiocarbonyl (C=S) groups is 1. The number of nitrogens with one attached hydrogen (secondary N) is 2. The Morgan fingerprint density at radius 3 is 2.67 bits per heavy atom. The van der Waals surface area contributed by atoms with Gasteiger partial charge in [0.2, 0.25) is 0 Å². The highest BCUT2D eigenvalue weighted by Crippen LogP contribution is 2.22. The van der Waals surface area contributed by atoms with Crippen LogP contribution in [-0.2, 0) is 0 Å². The minimum Gasteiger partial charge on any atom is -0.366 e. The molecule has 0 spiro atoms. The Labute approximate surface area is 137 Å². The summed E-state index contributed by atoms with van der Waals surface area (Å²) in [6.07, 6.45) is 0. The van der Waals surface area contributed by atoms with Crippen LogP contribution in [0.5, 0.6) is 0 Å². The van der Waals surface area contributed by atoms with E-state index in [1.807, 2.05) is 36.4 Å². The number of H-pyrrole nitrogens is 1. The van der Waals surface area contributed by atoms with Crippen LogP contribution >= 0.6 is 35.6 Å². The van der Waals surface area contributed by atoms with Gasteiger partial charge in [0.1, 0.15) is 4.99 Å². The average Bonchev–Trinajstić information content (AvgIpc) is 2.90. The molecule has 0 atom stereocenters. The van der Waals surface area contributed by atoms with Crippen molar-refractivity contribution in [3.05, 3.63) is 65.2 Å². The Kier molecular flexibility index (Phi) is 4.48. The third-order valence-electron chi connectivity index (χ3n) is 3.07. The fourth-order valence-electron chi connectivity index (χ4n) is 2.01. The number of halogens is 1. The number of hydrogen-bond donors (Lipinski definition) is 2. The molecule has 0 saturated carbocycles. The van der Waals surface area contributed by atoms with E-state index in [0.717, 1.165) is 21.1 Å². The number of aromatic nitrogens is 1. The summed E-state index contributed by atoms with van der Waals surface area (Å²) in [4.78, 5) is 4.11. The van der Waals surface area contributed by atoms with E-state index in [-0.39, 0.29) is 0 Å². The number of aromatic amines is 1. The first-order valence-electron chi connectivity index (χ1n) is 6.47. The van der Waals surface area contributed by atoms with Crippen LogP contribution in [0.1, 0.15) is 5.56 Å². The Hall–Kier alpha value is -1.49. The number of para-hydroxylation sites is 1. The molecule has 0 bridgehead atoms. The lowest BCUT2D eigenvalue weighted by atomic mass is 10.2. The van der Waals surface area contributed by atoms with Crippen molar-refractivity contribution in [3.8, 4) is 0 Å². The molecule has 0 aliphatic heterocycles. The van der Waals surface area contributed by atoms with Gasteiger partial charge < -0.3 is 10.3 Å². The minimum atomic E-state index is 0.717. The number of rotatable bonds is 4. The zero-order valence-electron chi connectivity index (χ0n) is 11.1. The third-order valence-corrected chi connectivity index (χ3v) is 4.52. The predicted molar refractivity (Wildman–Crippen MR) is 95.3 cm³/mol. The molecule has 0 aliphatic carbocycles. The smallest absolute Gasteiger partial charge is 0.107 e. The molecule has 1 heterocycles. The fraction of sp³-hybridized carbons (Fsp3) is 0.0625. The summed E-state index contributed by atoms with van der Waals surface area (Å²) >= 11 is 12.9. The summed E-state index contributed by atoms with van der Waals surface area (Å²) in [5.41, 5.74) is 2.13. The normalized spacial score (nSPS) is 10.7. The van der Waals surface area contributed by atoms with Gasteiger partial charge in [-0.1, -0.05) is 65.9 Å². The zero-order chi connectivity index (χ0) is 14.7. The van der Waals surface area contributed by atoms with Gasteiger partial charge in [-0.2, -0.15) is 0 Å². The van der Waals surface area contributed by atoms with E-state index in [2.05, 4.69) is 28.5 Å². The maximum Gasteiger partial charge on any atom is 0.107 e. The summed E-state index contributed by atoms with van der Waals surface area (Å²) in [5.74, 6) is 0.717. The fourth-order valence-corrected chi connectivity index (χ4v) is 3.20. The van der Waals surface area contributed by atoms with E-state index in [4.69, 9.17) is 23.8 Å². The molecule has 0 fully saturated rings. The van der Waals surface area contributed by atoms with Crippen molar-refractivity contribution in [1.82, 2.24) is 10.3 Å². The highest BCUT2D eigenvalue weighted by Gasteiger charge is 2.03. The minimum absolute atomic E-state index is 0.717. The van der Waals surface area contributed by atoms with Crippen molar-refractivity contribution >= 4 is 51.5 Å². The molecule has 0 amide bonds. The van der Waals surface area contributed by atoms with Gasteiger partial charge in [-0.15, -0.1) is 0 Å². The van der Waals surface area contributed by atoms with Gasteiger partial charge in [0.15, 0.2) is 0 Å². The Morgan fingerprint density at radius 2 is 1.90 bits per heavy atom. The monoisotopic (exact) mass is 332 g/mol. The van der Waals surface area contributed by atoms with Gasteiger partial charge in [-0.3, -0.25) is 0 Å². The molecule has 0 radical (unpaired) electrons. The molecule has 1 aromatic heterocycles. The van der Waals surface area contributed by atoms with E-state index < -0.39 is 0 Å². The van der Waals surface area contributed by atoms with Crippen LogP contribution in [0.3, 0.4) is 0 Å². The molecular weight excluding hydrogens is 320 g/mol. The first-order valence-corrected chi connectivity index (χ1v) is 8.24. The summed E-state index contributed by atoms with van der Waals surface area (Å²) in [6, 6.07) is 17.9. The first kappa shape index (κ1) is 14.4.